The molecule has 33 heavy (non-hydrogen) atoms. The summed E-state index contributed by atoms with van der Waals surface area (Å²) in [5, 5.41) is 0.499. The number of anilines is 2. The molecule has 6 nitrogen and oxygen atoms in total. The SMILES string of the molecule is CCN(CC)c1ccc(N2C(=NC(=O)Cc3cccc(C)c3)S[C@@H]3CS(=O)(=O)C[C@@H]32)c(C)c1. The first-order valence-corrected chi connectivity index (χ1v) is 14.1. The summed E-state index contributed by atoms with van der Waals surface area (Å²) in [4.78, 5) is 21.6. The summed E-state index contributed by atoms with van der Waals surface area (Å²) >= 11 is 1.42. The second-order valence-corrected chi connectivity index (χ2v) is 12.1. The molecule has 8 heteroatoms. The first kappa shape index (κ1) is 23.8. The van der Waals surface area contributed by atoms with E-state index in [4.69, 9.17) is 0 Å². The Morgan fingerprint density at radius 3 is 2.55 bits per heavy atom. The molecule has 4 rings (SSSR count). The number of fused-ring (bicyclic) bond motifs is 1. The average molecular weight is 486 g/mol. The fourth-order valence-corrected chi connectivity index (χ4v) is 8.61. The third-order valence-electron chi connectivity index (χ3n) is 6.29. The molecule has 0 spiro atoms. The maximum absolute atomic E-state index is 12.9. The van der Waals surface area contributed by atoms with Crippen LogP contribution < -0.4 is 9.80 Å². The van der Waals surface area contributed by atoms with Crippen LogP contribution in [-0.4, -0.2) is 55.4 Å². The second kappa shape index (κ2) is 9.50. The van der Waals surface area contributed by atoms with Gasteiger partial charge in [-0.15, -0.1) is 0 Å². The summed E-state index contributed by atoms with van der Waals surface area (Å²) in [7, 11) is -3.10. The van der Waals surface area contributed by atoms with Crippen LogP contribution in [0.4, 0.5) is 11.4 Å². The highest BCUT2D eigenvalue weighted by Crippen LogP contribution is 2.42. The zero-order valence-electron chi connectivity index (χ0n) is 19.6. The smallest absolute Gasteiger partial charge is 0.252 e. The summed E-state index contributed by atoms with van der Waals surface area (Å²) in [5.74, 6) is 0.00127. The summed E-state index contributed by atoms with van der Waals surface area (Å²) in [6.07, 6.45) is 0.229. The standard InChI is InChI=1S/C25H31N3O3S2/c1-5-27(6-2)20-10-11-21(18(4)13-20)28-22-15-33(30,31)16-23(22)32-25(28)26-24(29)14-19-9-7-8-17(3)12-19/h7-13,22-23H,5-6,14-16H2,1-4H3/t22-,23+/m0/s1. The number of sulfone groups is 1. The van der Waals surface area contributed by atoms with Crippen molar-refractivity contribution in [2.45, 2.75) is 45.4 Å². The van der Waals surface area contributed by atoms with Gasteiger partial charge in [0.1, 0.15) is 0 Å². The first-order chi connectivity index (χ1) is 15.7. The Balaban J connectivity index is 1.67. The lowest BCUT2D eigenvalue weighted by Crippen LogP contribution is -2.38. The third kappa shape index (κ3) is 5.11. The van der Waals surface area contributed by atoms with E-state index >= 15 is 0 Å². The molecule has 1 amide bonds. The van der Waals surface area contributed by atoms with Gasteiger partial charge in [-0.3, -0.25) is 4.79 Å². The molecule has 0 bridgehead atoms. The van der Waals surface area contributed by atoms with Gasteiger partial charge < -0.3 is 9.80 Å². The normalized spacial score (nSPS) is 22.5. The molecule has 2 aromatic rings. The van der Waals surface area contributed by atoms with Crippen molar-refractivity contribution in [1.29, 1.82) is 0 Å². The number of hydrogen-bond acceptors (Lipinski definition) is 5. The highest BCUT2D eigenvalue weighted by atomic mass is 32.2. The number of thioether (sulfide) groups is 1. The number of aliphatic imine (C=N–C) groups is 1. The van der Waals surface area contributed by atoms with Crippen molar-refractivity contribution in [3.63, 3.8) is 0 Å². The largest absolute Gasteiger partial charge is 0.372 e. The summed E-state index contributed by atoms with van der Waals surface area (Å²) < 4.78 is 24.8. The summed E-state index contributed by atoms with van der Waals surface area (Å²) in [5.41, 5.74) is 5.14. The molecule has 2 aliphatic rings. The van der Waals surface area contributed by atoms with Gasteiger partial charge in [0.15, 0.2) is 15.0 Å². The van der Waals surface area contributed by atoms with Gasteiger partial charge in [-0.1, -0.05) is 41.6 Å². The molecule has 2 aromatic carbocycles. The minimum absolute atomic E-state index is 0.0903. The van der Waals surface area contributed by atoms with Crippen LogP contribution in [0.3, 0.4) is 0 Å². The van der Waals surface area contributed by atoms with E-state index in [0.717, 1.165) is 41.2 Å². The number of carbonyl (C=O) groups excluding carboxylic acids is 1. The lowest BCUT2D eigenvalue weighted by Gasteiger charge is -2.28. The summed E-state index contributed by atoms with van der Waals surface area (Å²) in [6.45, 7) is 10.1. The topological polar surface area (TPSA) is 70.0 Å². The number of amidine groups is 1. The van der Waals surface area contributed by atoms with E-state index in [2.05, 4.69) is 35.9 Å². The van der Waals surface area contributed by atoms with Crippen molar-refractivity contribution >= 4 is 44.0 Å². The van der Waals surface area contributed by atoms with Crippen LogP contribution in [0.25, 0.3) is 0 Å². The molecule has 2 saturated heterocycles. The molecule has 0 unspecified atom stereocenters. The van der Waals surface area contributed by atoms with Crippen molar-refractivity contribution in [1.82, 2.24) is 0 Å². The van der Waals surface area contributed by atoms with E-state index < -0.39 is 9.84 Å². The molecule has 0 radical (unpaired) electrons. The van der Waals surface area contributed by atoms with Crippen molar-refractivity contribution in [2.24, 2.45) is 4.99 Å². The van der Waals surface area contributed by atoms with E-state index in [1.807, 2.05) is 49.1 Å². The number of hydrogen-bond donors (Lipinski definition) is 0. The molecular weight excluding hydrogens is 454 g/mol. The Morgan fingerprint density at radius 1 is 1.12 bits per heavy atom. The van der Waals surface area contributed by atoms with Gasteiger partial charge in [0.2, 0.25) is 0 Å². The first-order valence-electron chi connectivity index (χ1n) is 11.4. The van der Waals surface area contributed by atoms with Crippen LogP contribution in [0.5, 0.6) is 0 Å². The van der Waals surface area contributed by atoms with Gasteiger partial charge in [-0.2, -0.15) is 4.99 Å². The van der Waals surface area contributed by atoms with Crippen molar-refractivity contribution in [2.75, 3.05) is 34.4 Å². The van der Waals surface area contributed by atoms with Crippen molar-refractivity contribution in [3.05, 3.63) is 59.2 Å². The molecule has 2 heterocycles. The molecular formula is C25H31N3O3S2. The third-order valence-corrected chi connectivity index (χ3v) is 9.50. The second-order valence-electron chi connectivity index (χ2n) is 8.77. The van der Waals surface area contributed by atoms with Gasteiger partial charge in [0.05, 0.1) is 24.0 Å². The van der Waals surface area contributed by atoms with Gasteiger partial charge >= 0.3 is 0 Å². The maximum atomic E-state index is 12.9. The lowest BCUT2D eigenvalue weighted by atomic mass is 10.1. The molecule has 2 aliphatic heterocycles. The van der Waals surface area contributed by atoms with E-state index in [1.165, 1.54) is 11.8 Å². The fourth-order valence-electron chi connectivity index (χ4n) is 4.68. The number of carbonyl (C=O) groups is 1. The molecule has 176 valence electrons. The number of rotatable bonds is 6. The Labute approximate surface area is 201 Å². The minimum Gasteiger partial charge on any atom is -0.372 e. The Hall–Kier alpha value is -2.32. The monoisotopic (exact) mass is 485 g/mol. The van der Waals surface area contributed by atoms with Gasteiger partial charge in [-0.05, 0) is 57.0 Å². The number of benzene rings is 2. The summed E-state index contributed by atoms with van der Waals surface area (Å²) in [6, 6.07) is 13.9. The number of aryl methyl sites for hydroxylation is 2. The van der Waals surface area contributed by atoms with Gasteiger partial charge in [-0.25, -0.2) is 8.42 Å². The highest BCUT2D eigenvalue weighted by Gasteiger charge is 2.49. The fraction of sp³-hybridized carbons (Fsp3) is 0.440. The lowest BCUT2D eigenvalue weighted by molar-refractivity contribution is -0.117. The van der Waals surface area contributed by atoms with Gasteiger partial charge in [0, 0.05) is 29.7 Å². The van der Waals surface area contributed by atoms with Gasteiger partial charge in [0.25, 0.3) is 5.91 Å². The van der Waals surface area contributed by atoms with Crippen molar-refractivity contribution < 1.29 is 13.2 Å². The van der Waals surface area contributed by atoms with Crippen LogP contribution in [0.1, 0.15) is 30.5 Å². The predicted octanol–water partition coefficient (Wildman–Crippen LogP) is 3.99. The minimum atomic E-state index is -3.10. The van der Waals surface area contributed by atoms with Crippen LogP contribution in [0.15, 0.2) is 47.5 Å². The Morgan fingerprint density at radius 2 is 1.88 bits per heavy atom. The van der Waals surface area contributed by atoms with E-state index in [-0.39, 0.29) is 35.1 Å². The molecule has 2 atom stereocenters. The molecule has 0 aromatic heterocycles. The molecule has 0 N–H and O–H groups in total. The van der Waals surface area contributed by atoms with E-state index in [0.29, 0.717) is 5.17 Å². The molecule has 2 fully saturated rings. The van der Waals surface area contributed by atoms with Crippen LogP contribution in [0.2, 0.25) is 0 Å². The number of amides is 1. The van der Waals surface area contributed by atoms with Crippen LogP contribution >= 0.6 is 11.8 Å². The molecule has 0 saturated carbocycles. The average Bonchev–Trinajstić information content (AvgIpc) is 3.20. The number of nitrogens with zero attached hydrogens (tertiary/aromatic N) is 3. The quantitative estimate of drug-likeness (QED) is 0.616. The Kier molecular flexibility index (Phi) is 6.86. The van der Waals surface area contributed by atoms with Crippen molar-refractivity contribution in [3.8, 4) is 0 Å². The van der Waals surface area contributed by atoms with E-state index in [1.54, 1.807) is 0 Å². The Bertz CT molecular complexity index is 1190. The molecule has 0 aliphatic carbocycles. The highest BCUT2D eigenvalue weighted by molar-refractivity contribution is 8.16. The van der Waals surface area contributed by atoms with Crippen LogP contribution in [-0.2, 0) is 21.1 Å². The zero-order valence-corrected chi connectivity index (χ0v) is 21.2. The maximum Gasteiger partial charge on any atom is 0.252 e. The predicted molar refractivity (Wildman–Crippen MR) is 138 cm³/mol. The zero-order chi connectivity index (χ0) is 23.8. The van der Waals surface area contributed by atoms with Crippen LogP contribution in [0, 0.1) is 13.8 Å². The van der Waals surface area contributed by atoms with E-state index in [9.17, 15) is 13.2 Å².